The molecule has 2 nitrogen and oxygen atoms in total. The monoisotopic (exact) mass is 261 g/mol. The first kappa shape index (κ1) is 13.2. The largest absolute Gasteiger partial charge is 0.388 e. The van der Waals surface area contributed by atoms with E-state index in [2.05, 4.69) is 38.3 Å². The van der Waals surface area contributed by atoms with Gasteiger partial charge in [0, 0.05) is 23.5 Å². The summed E-state index contributed by atoms with van der Waals surface area (Å²) < 4.78 is 2.51. The van der Waals surface area contributed by atoms with Gasteiger partial charge < -0.3 is 9.67 Å². The molecular weight excluding hydrogens is 234 g/mol. The third-order valence-electron chi connectivity index (χ3n) is 5.40. The Balaban J connectivity index is 1.97. The fraction of sp³-hybridized carbons (Fsp3) is 0.765. The number of aromatic nitrogens is 1. The number of aliphatic hydroxyl groups excluding tert-OH is 1. The van der Waals surface area contributed by atoms with E-state index in [0.29, 0.717) is 5.41 Å². The van der Waals surface area contributed by atoms with Gasteiger partial charge >= 0.3 is 0 Å². The normalized spacial score (nSPS) is 27.1. The van der Waals surface area contributed by atoms with E-state index in [9.17, 15) is 5.11 Å². The van der Waals surface area contributed by atoms with Crippen LogP contribution >= 0.6 is 0 Å². The van der Waals surface area contributed by atoms with Crippen molar-refractivity contribution in [3.8, 4) is 0 Å². The van der Waals surface area contributed by atoms with Crippen LogP contribution in [0.2, 0.25) is 0 Å². The first-order chi connectivity index (χ1) is 8.86. The van der Waals surface area contributed by atoms with Crippen molar-refractivity contribution in [1.82, 2.24) is 4.57 Å². The Bertz CT molecular complexity index is 494. The molecule has 1 unspecified atom stereocenters. The van der Waals surface area contributed by atoms with Crippen molar-refractivity contribution >= 4 is 0 Å². The van der Waals surface area contributed by atoms with Gasteiger partial charge in [-0.2, -0.15) is 0 Å². The van der Waals surface area contributed by atoms with Crippen molar-refractivity contribution in [2.45, 2.75) is 72.4 Å². The lowest BCUT2D eigenvalue weighted by Gasteiger charge is -2.34. The molecule has 2 aliphatic rings. The molecule has 3 rings (SSSR count). The van der Waals surface area contributed by atoms with Gasteiger partial charge in [-0.1, -0.05) is 20.8 Å². The third-order valence-corrected chi connectivity index (χ3v) is 5.40. The summed E-state index contributed by atoms with van der Waals surface area (Å²) in [7, 11) is 0. The molecule has 0 aliphatic heterocycles. The highest BCUT2D eigenvalue weighted by atomic mass is 16.3. The molecule has 1 aromatic heterocycles. The van der Waals surface area contributed by atoms with Gasteiger partial charge in [0.2, 0.25) is 0 Å². The maximum absolute atomic E-state index is 10.4. The molecule has 0 aromatic carbocycles. The van der Waals surface area contributed by atoms with Crippen molar-refractivity contribution in [1.29, 1.82) is 0 Å². The van der Waals surface area contributed by atoms with Gasteiger partial charge in [-0.25, -0.2) is 0 Å². The summed E-state index contributed by atoms with van der Waals surface area (Å²) in [5, 5.41) is 10.4. The standard InChI is InChI=1S/C17H27NO/c1-5-17(6-7-17)11-18-12(2)8-13-14(18)9-16(3,4)10-15(13)19/h8,15,19H,5-7,9-11H2,1-4H3. The summed E-state index contributed by atoms with van der Waals surface area (Å²) >= 11 is 0. The number of aliphatic hydroxyl groups is 1. The van der Waals surface area contributed by atoms with Crippen molar-refractivity contribution in [2.24, 2.45) is 10.8 Å². The molecule has 0 saturated heterocycles. The second-order valence-electron chi connectivity index (χ2n) is 7.69. The SMILES string of the molecule is CCC1(Cn2c(C)cc3c2CC(C)(C)CC3O)CC1. The average Bonchev–Trinajstić information content (AvgIpc) is 3.02. The minimum atomic E-state index is -0.268. The summed E-state index contributed by atoms with van der Waals surface area (Å²) in [5.41, 5.74) is 4.72. The van der Waals surface area contributed by atoms with Crippen LogP contribution in [0, 0.1) is 17.8 Å². The molecular formula is C17H27NO. The van der Waals surface area contributed by atoms with Gasteiger partial charge in [0.05, 0.1) is 6.10 Å². The highest BCUT2D eigenvalue weighted by Gasteiger charge is 2.42. The minimum Gasteiger partial charge on any atom is -0.388 e. The second kappa shape index (κ2) is 4.12. The van der Waals surface area contributed by atoms with Crippen LogP contribution in [0.4, 0.5) is 0 Å². The maximum atomic E-state index is 10.4. The zero-order valence-electron chi connectivity index (χ0n) is 12.8. The Morgan fingerprint density at radius 2 is 2.05 bits per heavy atom. The number of aryl methyl sites for hydroxylation is 1. The number of rotatable bonds is 3. The predicted octanol–water partition coefficient (Wildman–Crippen LogP) is 3.99. The van der Waals surface area contributed by atoms with Gasteiger partial charge in [-0.15, -0.1) is 0 Å². The third kappa shape index (κ3) is 2.24. The predicted molar refractivity (Wildman–Crippen MR) is 78.2 cm³/mol. The summed E-state index contributed by atoms with van der Waals surface area (Å²) in [6, 6.07) is 2.22. The minimum absolute atomic E-state index is 0.220. The summed E-state index contributed by atoms with van der Waals surface area (Å²) in [5.74, 6) is 0. The van der Waals surface area contributed by atoms with E-state index in [-0.39, 0.29) is 11.5 Å². The van der Waals surface area contributed by atoms with Crippen LogP contribution in [-0.4, -0.2) is 9.67 Å². The lowest BCUT2D eigenvalue weighted by atomic mass is 9.75. The van der Waals surface area contributed by atoms with Crippen molar-refractivity contribution < 1.29 is 5.11 Å². The number of nitrogens with zero attached hydrogens (tertiary/aromatic N) is 1. The molecule has 106 valence electrons. The Kier molecular flexibility index (Phi) is 2.87. The molecule has 1 heterocycles. The van der Waals surface area contributed by atoms with Gasteiger partial charge in [0.15, 0.2) is 0 Å². The van der Waals surface area contributed by atoms with E-state index >= 15 is 0 Å². The number of hydrogen-bond donors (Lipinski definition) is 1. The van der Waals surface area contributed by atoms with Crippen molar-refractivity contribution in [3.05, 3.63) is 23.0 Å². The maximum Gasteiger partial charge on any atom is 0.0812 e. The first-order valence-corrected chi connectivity index (χ1v) is 7.73. The molecule has 0 spiro atoms. The fourth-order valence-corrected chi connectivity index (χ4v) is 3.76. The average molecular weight is 261 g/mol. The second-order valence-corrected chi connectivity index (χ2v) is 7.69. The molecule has 0 amide bonds. The van der Waals surface area contributed by atoms with Crippen LogP contribution in [0.3, 0.4) is 0 Å². The van der Waals surface area contributed by atoms with Gasteiger partial charge in [0.25, 0.3) is 0 Å². The number of hydrogen-bond acceptors (Lipinski definition) is 1. The van der Waals surface area contributed by atoms with E-state index in [4.69, 9.17) is 0 Å². The van der Waals surface area contributed by atoms with E-state index in [1.54, 1.807) is 0 Å². The van der Waals surface area contributed by atoms with Crippen molar-refractivity contribution in [3.63, 3.8) is 0 Å². The van der Waals surface area contributed by atoms with Crippen LogP contribution in [0.15, 0.2) is 6.07 Å². The highest BCUT2D eigenvalue weighted by molar-refractivity contribution is 5.33. The molecule has 0 radical (unpaired) electrons. The Morgan fingerprint density at radius 3 is 2.63 bits per heavy atom. The van der Waals surface area contributed by atoms with Crippen LogP contribution in [-0.2, 0) is 13.0 Å². The molecule has 0 bridgehead atoms. The number of fused-ring (bicyclic) bond motifs is 1. The van der Waals surface area contributed by atoms with Gasteiger partial charge in [-0.05, 0) is 55.9 Å². The van der Waals surface area contributed by atoms with Gasteiger partial charge in [0.1, 0.15) is 0 Å². The van der Waals surface area contributed by atoms with Crippen LogP contribution in [0.5, 0.6) is 0 Å². The van der Waals surface area contributed by atoms with Crippen LogP contribution in [0.1, 0.15) is 69.5 Å². The molecule has 2 heteroatoms. The quantitative estimate of drug-likeness (QED) is 0.874. The molecule has 1 saturated carbocycles. The highest BCUT2D eigenvalue weighted by Crippen LogP contribution is 2.51. The first-order valence-electron chi connectivity index (χ1n) is 7.73. The zero-order chi connectivity index (χ0) is 13.8. The van der Waals surface area contributed by atoms with E-state index in [0.717, 1.165) is 19.4 Å². The summed E-state index contributed by atoms with van der Waals surface area (Å²) in [4.78, 5) is 0. The lowest BCUT2D eigenvalue weighted by molar-refractivity contribution is 0.0975. The molecule has 1 N–H and O–H groups in total. The molecule has 19 heavy (non-hydrogen) atoms. The summed E-state index contributed by atoms with van der Waals surface area (Å²) in [6.07, 6.45) is 5.76. The zero-order valence-corrected chi connectivity index (χ0v) is 12.8. The van der Waals surface area contributed by atoms with E-state index in [1.165, 1.54) is 36.2 Å². The van der Waals surface area contributed by atoms with Crippen LogP contribution < -0.4 is 0 Å². The smallest absolute Gasteiger partial charge is 0.0812 e. The Labute approximate surface area is 116 Å². The summed E-state index contributed by atoms with van der Waals surface area (Å²) in [6.45, 7) is 10.2. The molecule has 2 aliphatic carbocycles. The fourth-order valence-electron chi connectivity index (χ4n) is 3.76. The van der Waals surface area contributed by atoms with E-state index < -0.39 is 0 Å². The topological polar surface area (TPSA) is 25.2 Å². The van der Waals surface area contributed by atoms with Crippen molar-refractivity contribution in [2.75, 3.05) is 0 Å². The molecule has 1 fully saturated rings. The molecule has 1 aromatic rings. The Morgan fingerprint density at radius 1 is 1.37 bits per heavy atom. The van der Waals surface area contributed by atoms with Gasteiger partial charge in [-0.3, -0.25) is 0 Å². The Hall–Kier alpha value is -0.760. The van der Waals surface area contributed by atoms with Crippen LogP contribution in [0.25, 0.3) is 0 Å². The lowest BCUT2D eigenvalue weighted by Crippen LogP contribution is -2.27. The molecule has 1 atom stereocenters. The van der Waals surface area contributed by atoms with E-state index in [1.807, 2.05) is 0 Å².